The van der Waals surface area contributed by atoms with Gasteiger partial charge in [-0.3, -0.25) is 4.68 Å². The van der Waals surface area contributed by atoms with Crippen molar-refractivity contribution in [3.63, 3.8) is 0 Å². The Labute approximate surface area is 161 Å². The van der Waals surface area contributed by atoms with E-state index in [-0.39, 0.29) is 4.90 Å². The van der Waals surface area contributed by atoms with Gasteiger partial charge in [0.1, 0.15) is 4.90 Å². The molecule has 0 fully saturated rings. The van der Waals surface area contributed by atoms with Gasteiger partial charge in [-0.1, -0.05) is 18.2 Å². The molecule has 3 heterocycles. The Hall–Kier alpha value is -3.18. The number of aromatic nitrogens is 7. The predicted molar refractivity (Wildman–Crippen MR) is 101 cm³/mol. The molecule has 0 saturated carbocycles. The minimum absolute atomic E-state index is 0.0571. The summed E-state index contributed by atoms with van der Waals surface area (Å²) in [5.74, 6) is 0.376. The summed E-state index contributed by atoms with van der Waals surface area (Å²) in [4.78, 5) is 4.30. The highest BCUT2D eigenvalue weighted by Crippen LogP contribution is 2.21. The third-order valence-electron chi connectivity index (χ3n) is 4.36. The quantitative estimate of drug-likeness (QED) is 0.538. The van der Waals surface area contributed by atoms with Gasteiger partial charge in [0, 0.05) is 18.6 Å². The maximum atomic E-state index is 12.9. The lowest BCUT2D eigenvalue weighted by atomic mass is 10.3. The molecular weight excluding hydrogens is 380 g/mol. The van der Waals surface area contributed by atoms with Crippen LogP contribution >= 0.6 is 0 Å². The number of benzene rings is 1. The molecule has 0 amide bonds. The summed E-state index contributed by atoms with van der Waals surface area (Å²) >= 11 is 0. The Morgan fingerprint density at radius 3 is 2.68 bits per heavy atom. The second-order valence-corrected chi connectivity index (χ2v) is 8.09. The van der Waals surface area contributed by atoms with Gasteiger partial charge < -0.3 is 0 Å². The summed E-state index contributed by atoms with van der Waals surface area (Å²) in [6.45, 7) is 3.49. The second-order valence-electron chi connectivity index (χ2n) is 6.38. The number of nitrogens with zero attached hydrogens (tertiary/aromatic N) is 7. The highest BCUT2D eigenvalue weighted by Gasteiger charge is 2.24. The first-order valence-corrected chi connectivity index (χ1v) is 10.0. The van der Waals surface area contributed by atoms with Crippen LogP contribution in [0.4, 0.5) is 0 Å². The summed E-state index contributed by atoms with van der Waals surface area (Å²) in [5, 5.41) is 16.6. The zero-order valence-electron chi connectivity index (χ0n) is 15.5. The molecule has 0 saturated heterocycles. The number of hydrogen-bond donors (Lipinski definition) is 1. The molecule has 28 heavy (non-hydrogen) atoms. The van der Waals surface area contributed by atoms with Gasteiger partial charge in [-0.05, 0) is 42.5 Å². The first kappa shape index (κ1) is 18.2. The van der Waals surface area contributed by atoms with Crippen LogP contribution in [-0.4, -0.2) is 43.4 Å². The number of rotatable bonds is 5. The Morgan fingerprint density at radius 1 is 1.18 bits per heavy atom. The Bertz CT molecular complexity index is 1250. The van der Waals surface area contributed by atoms with E-state index in [4.69, 9.17) is 0 Å². The van der Waals surface area contributed by atoms with E-state index in [1.165, 1.54) is 10.9 Å². The van der Waals surface area contributed by atoms with Crippen LogP contribution in [0.5, 0.6) is 0 Å². The van der Waals surface area contributed by atoms with Crippen LogP contribution in [0, 0.1) is 6.92 Å². The first-order chi connectivity index (χ1) is 13.4. The predicted octanol–water partition coefficient (Wildman–Crippen LogP) is 1.29. The zero-order valence-corrected chi connectivity index (χ0v) is 16.3. The van der Waals surface area contributed by atoms with Gasteiger partial charge in [-0.25, -0.2) is 18.1 Å². The molecular formula is C17H18N8O2S. The van der Waals surface area contributed by atoms with Crippen LogP contribution in [-0.2, 0) is 17.1 Å². The normalized spacial score (nSPS) is 13.1. The van der Waals surface area contributed by atoms with E-state index >= 15 is 0 Å². The Kier molecular flexibility index (Phi) is 4.40. The van der Waals surface area contributed by atoms with Crippen molar-refractivity contribution in [3.8, 4) is 5.69 Å². The van der Waals surface area contributed by atoms with Crippen LogP contribution in [0.15, 0.2) is 47.5 Å². The van der Waals surface area contributed by atoms with Gasteiger partial charge in [0.2, 0.25) is 10.0 Å². The van der Waals surface area contributed by atoms with Crippen LogP contribution in [0.3, 0.4) is 0 Å². The van der Waals surface area contributed by atoms with Crippen molar-refractivity contribution in [2.45, 2.75) is 24.8 Å². The van der Waals surface area contributed by atoms with Crippen LogP contribution in [0.25, 0.3) is 16.7 Å². The molecule has 144 valence electrons. The Morgan fingerprint density at radius 2 is 1.93 bits per heavy atom. The summed E-state index contributed by atoms with van der Waals surface area (Å²) in [6, 6.07) is 10.2. The number of fused-ring (bicyclic) bond motifs is 1. The van der Waals surface area contributed by atoms with Crippen molar-refractivity contribution >= 4 is 21.1 Å². The number of para-hydroxylation sites is 1. The summed E-state index contributed by atoms with van der Waals surface area (Å²) < 4.78 is 31.5. The molecule has 4 aromatic rings. The fourth-order valence-electron chi connectivity index (χ4n) is 3.01. The molecule has 3 aromatic heterocycles. The molecule has 0 aliphatic heterocycles. The number of nitrogens with one attached hydrogen (secondary N) is 1. The lowest BCUT2D eigenvalue weighted by molar-refractivity contribution is 0.554. The lowest BCUT2D eigenvalue weighted by Gasteiger charge is -2.14. The van der Waals surface area contributed by atoms with Gasteiger partial charge in [-0.15, -0.1) is 5.10 Å². The van der Waals surface area contributed by atoms with Crippen molar-refractivity contribution < 1.29 is 8.42 Å². The van der Waals surface area contributed by atoms with E-state index in [0.29, 0.717) is 22.6 Å². The van der Waals surface area contributed by atoms with Gasteiger partial charge in [0.25, 0.3) is 0 Å². The molecule has 0 spiro atoms. The molecule has 1 unspecified atom stereocenters. The number of pyridine rings is 1. The number of tetrazole rings is 1. The van der Waals surface area contributed by atoms with Gasteiger partial charge in [-0.2, -0.15) is 9.78 Å². The largest absolute Gasteiger partial charge is 0.250 e. The molecule has 0 bridgehead atoms. The van der Waals surface area contributed by atoms with Gasteiger partial charge in [0.15, 0.2) is 11.5 Å². The monoisotopic (exact) mass is 398 g/mol. The topological polar surface area (TPSA) is 120 Å². The SMILES string of the molecule is Cc1nn(C)c2ncc(S(=O)(=O)NC(C)c3nnnn3-c3ccccc3)cc12. The van der Waals surface area contributed by atoms with Crippen molar-refractivity contribution in [1.29, 1.82) is 0 Å². The molecule has 1 N–H and O–H groups in total. The fraction of sp³-hybridized carbons (Fsp3) is 0.235. The minimum Gasteiger partial charge on any atom is -0.250 e. The van der Waals surface area contributed by atoms with Crippen LogP contribution < -0.4 is 4.72 Å². The molecule has 0 aliphatic rings. The number of aryl methyl sites for hydroxylation is 2. The second kappa shape index (κ2) is 6.77. The van der Waals surface area contributed by atoms with Crippen LogP contribution in [0.1, 0.15) is 24.5 Å². The van der Waals surface area contributed by atoms with Gasteiger partial charge in [0.05, 0.1) is 17.4 Å². The van der Waals surface area contributed by atoms with E-state index in [1.807, 2.05) is 37.3 Å². The fourth-order valence-corrected chi connectivity index (χ4v) is 4.18. The lowest BCUT2D eigenvalue weighted by Crippen LogP contribution is -2.29. The highest BCUT2D eigenvalue weighted by atomic mass is 32.2. The smallest absolute Gasteiger partial charge is 0.242 e. The van der Waals surface area contributed by atoms with E-state index < -0.39 is 16.1 Å². The Balaban J connectivity index is 1.66. The zero-order chi connectivity index (χ0) is 19.9. The highest BCUT2D eigenvalue weighted by molar-refractivity contribution is 7.89. The summed E-state index contributed by atoms with van der Waals surface area (Å²) in [7, 11) is -2.08. The van der Waals surface area contributed by atoms with E-state index in [2.05, 4.69) is 30.3 Å². The molecule has 10 nitrogen and oxygen atoms in total. The minimum atomic E-state index is -3.84. The van der Waals surface area contributed by atoms with Crippen molar-refractivity contribution in [3.05, 3.63) is 54.1 Å². The van der Waals surface area contributed by atoms with Gasteiger partial charge >= 0.3 is 0 Å². The molecule has 1 aromatic carbocycles. The maximum absolute atomic E-state index is 12.9. The average molecular weight is 398 g/mol. The number of hydrogen-bond acceptors (Lipinski definition) is 7. The average Bonchev–Trinajstić information content (AvgIpc) is 3.27. The summed E-state index contributed by atoms with van der Waals surface area (Å²) in [5.41, 5.74) is 2.07. The van der Waals surface area contributed by atoms with E-state index in [1.54, 1.807) is 24.7 Å². The molecule has 0 radical (unpaired) electrons. The standard InChI is InChI=1S/C17H18N8O2S/c1-11-15-9-14(10-18-17(15)24(3)20-11)28(26,27)21-12(2)16-19-22-23-25(16)13-7-5-4-6-8-13/h4-10,12,21H,1-3H3. The number of sulfonamides is 1. The third kappa shape index (κ3) is 3.14. The molecule has 0 aliphatic carbocycles. The van der Waals surface area contributed by atoms with Crippen LogP contribution in [0.2, 0.25) is 0 Å². The van der Waals surface area contributed by atoms with Crippen molar-refractivity contribution in [2.24, 2.45) is 7.05 Å². The van der Waals surface area contributed by atoms with E-state index in [0.717, 1.165) is 5.69 Å². The third-order valence-corrected chi connectivity index (χ3v) is 5.87. The maximum Gasteiger partial charge on any atom is 0.242 e. The first-order valence-electron chi connectivity index (χ1n) is 8.52. The summed E-state index contributed by atoms with van der Waals surface area (Å²) in [6.07, 6.45) is 1.32. The molecule has 4 rings (SSSR count). The molecule has 11 heteroatoms. The van der Waals surface area contributed by atoms with E-state index in [9.17, 15) is 8.42 Å². The van der Waals surface area contributed by atoms with Crippen molar-refractivity contribution in [2.75, 3.05) is 0 Å². The molecule has 1 atom stereocenters. The van der Waals surface area contributed by atoms with Crippen molar-refractivity contribution in [1.82, 2.24) is 39.7 Å².